The van der Waals surface area contributed by atoms with Crippen molar-refractivity contribution in [3.05, 3.63) is 17.5 Å². The molecule has 1 aromatic heterocycles. The Morgan fingerprint density at radius 2 is 2.20 bits per heavy atom. The number of rotatable bonds is 2. The monoisotopic (exact) mass is 208 g/mol. The SMILES string of the molecule is Cc1nn(C)cc1C1(C(=O)O)CC(=O)C1. The fourth-order valence-corrected chi connectivity index (χ4v) is 2.15. The molecule has 0 aliphatic heterocycles. The van der Waals surface area contributed by atoms with Crippen molar-refractivity contribution in [3.63, 3.8) is 0 Å². The molecule has 5 nitrogen and oxygen atoms in total. The number of carboxylic acid groups (broad SMARTS) is 1. The molecule has 2 rings (SSSR count). The van der Waals surface area contributed by atoms with Crippen molar-refractivity contribution in [2.75, 3.05) is 0 Å². The molecule has 0 aromatic carbocycles. The molecule has 1 heterocycles. The summed E-state index contributed by atoms with van der Waals surface area (Å²) in [4.78, 5) is 22.2. The van der Waals surface area contributed by atoms with E-state index >= 15 is 0 Å². The van der Waals surface area contributed by atoms with Crippen LogP contribution in [0.4, 0.5) is 0 Å². The number of nitrogens with zero attached hydrogens (tertiary/aromatic N) is 2. The van der Waals surface area contributed by atoms with E-state index in [2.05, 4.69) is 5.10 Å². The smallest absolute Gasteiger partial charge is 0.315 e. The highest BCUT2D eigenvalue weighted by molar-refractivity contribution is 6.01. The van der Waals surface area contributed by atoms with Gasteiger partial charge in [-0.1, -0.05) is 0 Å². The Labute approximate surface area is 86.7 Å². The van der Waals surface area contributed by atoms with Gasteiger partial charge in [0, 0.05) is 31.6 Å². The molecule has 1 saturated carbocycles. The minimum absolute atomic E-state index is 0.000605. The number of hydrogen-bond donors (Lipinski definition) is 1. The van der Waals surface area contributed by atoms with Crippen molar-refractivity contribution >= 4 is 11.8 Å². The Hall–Kier alpha value is -1.65. The van der Waals surface area contributed by atoms with Crippen LogP contribution in [0.3, 0.4) is 0 Å². The average Bonchev–Trinajstić information content (AvgIpc) is 2.39. The molecule has 0 amide bonds. The van der Waals surface area contributed by atoms with Crippen LogP contribution in [0.25, 0.3) is 0 Å². The molecule has 0 bridgehead atoms. The lowest BCUT2D eigenvalue weighted by Gasteiger charge is -2.35. The zero-order valence-electron chi connectivity index (χ0n) is 8.65. The van der Waals surface area contributed by atoms with Gasteiger partial charge in [-0.05, 0) is 6.92 Å². The third kappa shape index (κ3) is 1.26. The predicted octanol–water partition coefficient (Wildman–Crippen LogP) is 0.414. The highest BCUT2D eigenvalue weighted by Crippen LogP contribution is 2.42. The summed E-state index contributed by atoms with van der Waals surface area (Å²) in [6.07, 6.45) is 1.87. The van der Waals surface area contributed by atoms with E-state index in [-0.39, 0.29) is 18.6 Å². The molecule has 1 fully saturated rings. The Balaban J connectivity index is 2.47. The van der Waals surface area contributed by atoms with Crippen molar-refractivity contribution in [2.24, 2.45) is 7.05 Å². The van der Waals surface area contributed by atoms with Crippen molar-refractivity contribution in [2.45, 2.75) is 25.2 Å². The second kappa shape index (κ2) is 2.92. The lowest BCUT2D eigenvalue weighted by molar-refractivity contribution is -0.153. The van der Waals surface area contributed by atoms with Crippen LogP contribution in [-0.4, -0.2) is 26.6 Å². The third-order valence-corrected chi connectivity index (χ3v) is 2.94. The molecule has 1 aromatic rings. The predicted molar refractivity (Wildman–Crippen MR) is 51.5 cm³/mol. The van der Waals surface area contributed by atoms with Gasteiger partial charge < -0.3 is 5.11 Å². The molecule has 1 N–H and O–H groups in total. The number of aliphatic carboxylic acids is 1. The summed E-state index contributed by atoms with van der Waals surface area (Å²) in [5.41, 5.74) is 0.333. The van der Waals surface area contributed by atoms with Gasteiger partial charge in [0.1, 0.15) is 11.2 Å². The lowest BCUT2D eigenvalue weighted by Crippen LogP contribution is -2.48. The summed E-state index contributed by atoms with van der Waals surface area (Å²) in [6, 6.07) is 0. The summed E-state index contributed by atoms with van der Waals surface area (Å²) in [5.74, 6) is -0.932. The molecule has 0 radical (unpaired) electrons. The van der Waals surface area contributed by atoms with Gasteiger partial charge in [-0.2, -0.15) is 5.10 Å². The van der Waals surface area contributed by atoms with Crippen LogP contribution in [0.15, 0.2) is 6.20 Å². The zero-order valence-corrected chi connectivity index (χ0v) is 8.65. The fraction of sp³-hybridized carbons (Fsp3) is 0.500. The number of carboxylic acids is 1. The van der Waals surface area contributed by atoms with Gasteiger partial charge in [-0.25, -0.2) is 0 Å². The topological polar surface area (TPSA) is 72.2 Å². The van der Waals surface area contributed by atoms with Crippen LogP contribution < -0.4 is 0 Å². The van der Waals surface area contributed by atoms with Crippen molar-refractivity contribution in [1.29, 1.82) is 0 Å². The van der Waals surface area contributed by atoms with Gasteiger partial charge in [0.15, 0.2) is 0 Å². The first-order valence-corrected chi connectivity index (χ1v) is 4.71. The summed E-state index contributed by atoms with van der Waals surface area (Å²) >= 11 is 0. The molecule has 1 aliphatic rings. The standard InChI is InChI=1S/C10H12N2O3/c1-6-8(5-12(2)11-6)10(9(14)15)3-7(13)4-10/h5H,3-4H2,1-2H3,(H,14,15). The summed E-state index contributed by atoms with van der Waals surface area (Å²) < 4.78 is 1.58. The maximum Gasteiger partial charge on any atom is 0.315 e. The molecule has 80 valence electrons. The highest BCUT2D eigenvalue weighted by Gasteiger charge is 2.53. The van der Waals surface area contributed by atoms with E-state index < -0.39 is 11.4 Å². The summed E-state index contributed by atoms with van der Waals surface area (Å²) in [5, 5.41) is 13.3. The van der Waals surface area contributed by atoms with Gasteiger partial charge in [0.2, 0.25) is 0 Å². The van der Waals surface area contributed by atoms with Crippen LogP contribution in [0.2, 0.25) is 0 Å². The minimum atomic E-state index is -1.02. The normalized spacial score (nSPS) is 18.7. The number of aryl methyl sites for hydroxylation is 2. The Kier molecular flexibility index (Phi) is 1.92. The third-order valence-electron chi connectivity index (χ3n) is 2.94. The second-order valence-corrected chi connectivity index (χ2v) is 4.08. The van der Waals surface area contributed by atoms with Gasteiger partial charge in [0.25, 0.3) is 0 Å². The molecular weight excluding hydrogens is 196 g/mol. The maximum atomic E-state index is 11.2. The molecule has 0 spiro atoms. The molecule has 0 atom stereocenters. The number of hydrogen-bond acceptors (Lipinski definition) is 3. The first-order chi connectivity index (χ1) is 6.95. The van der Waals surface area contributed by atoms with Crippen LogP contribution >= 0.6 is 0 Å². The molecule has 0 unspecified atom stereocenters. The van der Waals surface area contributed by atoms with Crippen LogP contribution in [-0.2, 0) is 22.1 Å². The van der Waals surface area contributed by atoms with Crippen LogP contribution in [0.5, 0.6) is 0 Å². The fourth-order valence-electron chi connectivity index (χ4n) is 2.15. The lowest BCUT2D eigenvalue weighted by atomic mass is 9.64. The molecular formula is C10H12N2O3. The maximum absolute atomic E-state index is 11.2. The number of carbonyl (C=O) groups is 2. The van der Waals surface area contributed by atoms with E-state index in [4.69, 9.17) is 0 Å². The number of carbonyl (C=O) groups excluding carboxylic acids is 1. The second-order valence-electron chi connectivity index (χ2n) is 4.08. The van der Waals surface area contributed by atoms with E-state index in [0.717, 1.165) is 0 Å². The Morgan fingerprint density at radius 3 is 2.53 bits per heavy atom. The average molecular weight is 208 g/mol. The van der Waals surface area contributed by atoms with Crippen molar-refractivity contribution < 1.29 is 14.7 Å². The zero-order chi connectivity index (χ0) is 11.2. The largest absolute Gasteiger partial charge is 0.481 e. The molecule has 0 saturated heterocycles. The van der Waals surface area contributed by atoms with Crippen molar-refractivity contribution in [3.8, 4) is 0 Å². The Bertz CT molecular complexity index is 440. The van der Waals surface area contributed by atoms with E-state index in [0.29, 0.717) is 11.3 Å². The summed E-state index contributed by atoms with van der Waals surface area (Å²) in [6.45, 7) is 1.77. The number of aromatic nitrogens is 2. The minimum Gasteiger partial charge on any atom is -0.481 e. The number of ketones is 1. The van der Waals surface area contributed by atoms with E-state index in [1.807, 2.05) is 0 Å². The number of Topliss-reactive ketones (excluding diaryl/α,β-unsaturated/α-hetero) is 1. The van der Waals surface area contributed by atoms with Gasteiger partial charge in [-0.15, -0.1) is 0 Å². The first-order valence-electron chi connectivity index (χ1n) is 4.71. The highest BCUT2D eigenvalue weighted by atomic mass is 16.4. The first kappa shape index (κ1) is 9.89. The molecule has 15 heavy (non-hydrogen) atoms. The van der Waals surface area contributed by atoms with E-state index in [9.17, 15) is 14.7 Å². The van der Waals surface area contributed by atoms with Gasteiger partial charge >= 0.3 is 5.97 Å². The van der Waals surface area contributed by atoms with Gasteiger partial charge in [0.05, 0.1) is 5.69 Å². The quantitative estimate of drug-likeness (QED) is 0.764. The van der Waals surface area contributed by atoms with Gasteiger partial charge in [-0.3, -0.25) is 14.3 Å². The molecule has 5 heteroatoms. The van der Waals surface area contributed by atoms with Crippen molar-refractivity contribution in [1.82, 2.24) is 9.78 Å². The van der Waals surface area contributed by atoms with E-state index in [1.165, 1.54) is 0 Å². The molecule has 1 aliphatic carbocycles. The summed E-state index contributed by atoms with van der Waals surface area (Å²) in [7, 11) is 1.74. The van der Waals surface area contributed by atoms with Crippen LogP contribution in [0.1, 0.15) is 24.1 Å². The van der Waals surface area contributed by atoms with Crippen LogP contribution in [0, 0.1) is 6.92 Å². The van der Waals surface area contributed by atoms with E-state index in [1.54, 1.807) is 24.9 Å². The Morgan fingerprint density at radius 1 is 1.60 bits per heavy atom.